The minimum atomic E-state index is -0.248. The number of esters is 2. The molecule has 0 aromatic heterocycles. The molecule has 1 rings (SSSR count). The van der Waals surface area contributed by atoms with Crippen LogP contribution in [0.3, 0.4) is 0 Å². The van der Waals surface area contributed by atoms with Gasteiger partial charge in [0.25, 0.3) is 0 Å². The molecular formula is C22H34O7. The van der Waals surface area contributed by atoms with Crippen LogP contribution in [0, 0.1) is 0 Å². The maximum atomic E-state index is 11.7. The maximum Gasteiger partial charge on any atom is 0.306 e. The van der Waals surface area contributed by atoms with Gasteiger partial charge in [-0.05, 0) is 69.7 Å². The minimum absolute atomic E-state index is 0.187. The van der Waals surface area contributed by atoms with Crippen LogP contribution in [0.4, 0.5) is 0 Å². The van der Waals surface area contributed by atoms with Crippen molar-refractivity contribution >= 4 is 11.9 Å². The third-order valence-corrected chi connectivity index (χ3v) is 4.10. The Hall–Kier alpha value is -2.28. The fourth-order valence-corrected chi connectivity index (χ4v) is 2.66. The summed E-state index contributed by atoms with van der Waals surface area (Å²) in [6, 6.07) is 5.53. The molecule has 0 aliphatic rings. The number of aliphatic hydroxyl groups is 1. The first-order chi connectivity index (χ1) is 14.1. The summed E-state index contributed by atoms with van der Waals surface area (Å²) in [7, 11) is 0. The van der Waals surface area contributed by atoms with E-state index in [2.05, 4.69) is 0 Å². The molecule has 0 amide bonds. The highest BCUT2D eigenvalue weighted by Crippen LogP contribution is 2.26. The fourth-order valence-electron chi connectivity index (χ4n) is 2.66. The molecule has 0 saturated heterocycles. The van der Waals surface area contributed by atoms with Crippen molar-refractivity contribution in [2.45, 2.75) is 58.8 Å². The first kappa shape index (κ1) is 24.8. The molecule has 7 heteroatoms. The van der Waals surface area contributed by atoms with Crippen LogP contribution < -0.4 is 9.47 Å². The number of rotatable bonds is 16. The van der Waals surface area contributed by atoms with E-state index in [1.165, 1.54) is 0 Å². The molecule has 0 aliphatic heterocycles. The van der Waals surface area contributed by atoms with Crippen molar-refractivity contribution in [3.8, 4) is 11.5 Å². The van der Waals surface area contributed by atoms with Crippen LogP contribution in [0.25, 0.3) is 0 Å². The summed E-state index contributed by atoms with van der Waals surface area (Å²) >= 11 is 0. The van der Waals surface area contributed by atoms with Crippen molar-refractivity contribution < 1.29 is 33.6 Å². The van der Waals surface area contributed by atoms with E-state index in [-0.39, 0.29) is 25.0 Å². The van der Waals surface area contributed by atoms with Crippen molar-refractivity contribution in [3.05, 3.63) is 23.8 Å². The smallest absolute Gasteiger partial charge is 0.306 e. The number of unbranched alkanes of at least 4 members (excludes halogenated alkanes) is 2. The van der Waals surface area contributed by atoms with Crippen LogP contribution >= 0.6 is 0 Å². The fraction of sp³-hybridized carbons (Fsp3) is 0.636. The number of carbonyl (C=O) groups is 2. The molecule has 0 fully saturated rings. The number of hydrogen-bond donors (Lipinski definition) is 1. The molecule has 0 saturated carbocycles. The van der Waals surface area contributed by atoms with Crippen LogP contribution in [-0.2, 0) is 25.5 Å². The summed E-state index contributed by atoms with van der Waals surface area (Å²) in [5.74, 6) is 0.913. The van der Waals surface area contributed by atoms with E-state index >= 15 is 0 Å². The van der Waals surface area contributed by atoms with Gasteiger partial charge in [0.1, 0.15) is 11.5 Å². The molecule has 164 valence electrons. The number of hydrogen-bond acceptors (Lipinski definition) is 7. The highest BCUT2D eigenvalue weighted by atomic mass is 16.5. The Morgan fingerprint density at radius 2 is 1.55 bits per heavy atom. The summed E-state index contributed by atoms with van der Waals surface area (Å²) in [6.07, 6.45) is 4.16. The lowest BCUT2D eigenvalue weighted by Gasteiger charge is -2.14. The van der Waals surface area contributed by atoms with Gasteiger partial charge in [-0.1, -0.05) is 0 Å². The first-order valence-electron chi connectivity index (χ1n) is 10.4. The van der Waals surface area contributed by atoms with Crippen molar-refractivity contribution in [3.63, 3.8) is 0 Å². The van der Waals surface area contributed by atoms with Crippen LogP contribution in [0.2, 0.25) is 0 Å². The largest absolute Gasteiger partial charge is 0.494 e. The standard InChI is InChI=1S/C22H34O7/c1-3-26-21(24)9-8-16-28-19-11-12-20(29-15-7-5-6-14-23)18(17-19)10-13-22(25)27-4-2/h11-12,17,23H,3-10,13-16H2,1-2H3. The number of carbonyl (C=O) groups excluding carboxylic acids is 2. The molecule has 0 bridgehead atoms. The third kappa shape index (κ3) is 11.3. The first-order valence-corrected chi connectivity index (χ1v) is 10.4. The Labute approximate surface area is 173 Å². The topological polar surface area (TPSA) is 91.3 Å². The predicted molar refractivity (Wildman–Crippen MR) is 109 cm³/mol. The van der Waals surface area contributed by atoms with Gasteiger partial charge in [0.2, 0.25) is 0 Å². The Morgan fingerprint density at radius 1 is 0.862 bits per heavy atom. The average molecular weight is 411 g/mol. The zero-order chi connectivity index (χ0) is 21.3. The summed E-state index contributed by atoms with van der Waals surface area (Å²) in [5, 5.41) is 8.84. The molecule has 0 aliphatic carbocycles. The van der Waals surface area contributed by atoms with Gasteiger partial charge in [-0.3, -0.25) is 9.59 Å². The van der Waals surface area contributed by atoms with Gasteiger partial charge in [0.05, 0.1) is 26.4 Å². The van der Waals surface area contributed by atoms with E-state index in [1.807, 2.05) is 18.2 Å². The molecule has 0 unspecified atom stereocenters. The highest BCUT2D eigenvalue weighted by molar-refractivity contribution is 5.70. The Kier molecular flexibility index (Phi) is 13.3. The van der Waals surface area contributed by atoms with Crippen LogP contribution in [0.5, 0.6) is 11.5 Å². The number of aryl methyl sites for hydroxylation is 1. The van der Waals surface area contributed by atoms with Crippen molar-refractivity contribution in [1.29, 1.82) is 0 Å². The Bertz CT molecular complexity index is 601. The molecule has 0 spiro atoms. The second-order valence-electron chi connectivity index (χ2n) is 6.46. The van der Waals surface area contributed by atoms with Gasteiger partial charge >= 0.3 is 11.9 Å². The predicted octanol–water partition coefficient (Wildman–Crippen LogP) is 3.45. The lowest BCUT2D eigenvalue weighted by Crippen LogP contribution is -2.08. The van der Waals surface area contributed by atoms with E-state index in [0.717, 1.165) is 30.6 Å². The number of benzene rings is 1. The molecule has 1 aromatic carbocycles. The van der Waals surface area contributed by atoms with E-state index in [0.29, 0.717) is 51.4 Å². The van der Waals surface area contributed by atoms with Crippen molar-refractivity contribution in [2.75, 3.05) is 33.0 Å². The van der Waals surface area contributed by atoms with E-state index in [9.17, 15) is 9.59 Å². The number of aliphatic hydroxyl groups excluding tert-OH is 1. The SMILES string of the molecule is CCOC(=O)CCCOc1ccc(OCCCCCO)c(CCC(=O)OCC)c1. The van der Waals surface area contributed by atoms with Gasteiger partial charge in [-0.2, -0.15) is 0 Å². The second kappa shape index (κ2) is 15.6. The molecule has 0 radical (unpaired) electrons. The number of ether oxygens (including phenoxy) is 4. The van der Waals surface area contributed by atoms with Gasteiger partial charge in [0, 0.05) is 19.4 Å². The van der Waals surface area contributed by atoms with E-state index < -0.39 is 0 Å². The third-order valence-electron chi connectivity index (χ3n) is 4.10. The van der Waals surface area contributed by atoms with Crippen LogP contribution in [0.1, 0.15) is 57.9 Å². The Balaban J connectivity index is 2.62. The molecule has 0 heterocycles. The van der Waals surface area contributed by atoms with Crippen LogP contribution in [0.15, 0.2) is 18.2 Å². The lowest BCUT2D eigenvalue weighted by atomic mass is 10.1. The molecule has 29 heavy (non-hydrogen) atoms. The quantitative estimate of drug-likeness (QED) is 0.330. The normalized spacial score (nSPS) is 10.4. The van der Waals surface area contributed by atoms with E-state index in [4.69, 9.17) is 24.1 Å². The second-order valence-corrected chi connectivity index (χ2v) is 6.46. The van der Waals surface area contributed by atoms with Gasteiger partial charge < -0.3 is 24.1 Å². The Morgan fingerprint density at radius 3 is 2.24 bits per heavy atom. The highest BCUT2D eigenvalue weighted by Gasteiger charge is 2.10. The summed E-state index contributed by atoms with van der Waals surface area (Å²) in [6.45, 7) is 5.43. The molecule has 7 nitrogen and oxygen atoms in total. The van der Waals surface area contributed by atoms with Crippen molar-refractivity contribution in [1.82, 2.24) is 0 Å². The lowest BCUT2D eigenvalue weighted by molar-refractivity contribution is -0.144. The zero-order valence-corrected chi connectivity index (χ0v) is 17.6. The van der Waals surface area contributed by atoms with Gasteiger partial charge in [0.15, 0.2) is 0 Å². The zero-order valence-electron chi connectivity index (χ0n) is 17.6. The monoisotopic (exact) mass is 410 g/mol. The van der Waals surface area contributed by atoms with Gasteiger partial charge in [-0.15, -0.1) is 0 Å². The molecule has 1 N–H and O–H groups in total. The summed E-state index contributed by atoms with van der Waals surface area (Å²) in [4.78, 5) is 23.1. The summed E-state index contributed by atoms with van der Waals surface area (Å²) in [5.41, 5.74) is 0.878. The van der Waals surface area contributed by atoms with Gasteiger partial charge in [-0.25, -0.2) is 0 Å². The molecule has 0 atom stereocenters. The average Bonchev–Trinajstić information content (AvgIpc) is 2.71. The van der Waals surface area contributed by atoms with E-state index in [1.54, 1.807) is 13.8 Å². The van der Waals surface area contributed by atoms with Crippen LogP contribution in [-0.4, -0.2) is 50.1 Å². The maximum absolute atomic E-state index is 11.7. The van der Waals surface area contributed by atoms with Crippen molar-refractivity contribution in [2.24, 2.45) is 0 Å². The molecule has 1 aromatic rings. The minimum Gasteiger partial charge on any atom is -0.494 e. The molecular weight excluding hydrogens is 376 g/mol. The summed E-state index contributed by atoms with van der Waals surface area (Å²) < 4.78 is 21.5.